The lowest BCUT2D eigenvalue weighted by molar-refractivity contribution is 0.0775. The third-order valence-electron chi connectivity index (χ3n) is 3.38. The van der Waals surface area contributed by atoms with E-state index in [2.05, 4.69) is 76.5 Å². The fourth-order valence-electron chi connectivity index (χ4n) is 2.40. The molecular weight excluding hydrogens is 272 g/mol. The monoisotopic (exact) mass is 302 g/mol. The molecule has 1 rings (SSSR count). The molecule has 1 aromatic rings. The number of hydrogen-bond donors (Lipinski definition) is 0. The lowest BCUT2D eigenvalue weighted by Gasteiger charge is -2.28. The molecule has 1 atom stereocenters. The van der Waals surface area contributed by atoms with Crippen LogP contribution in [-0.2, 0) is 4.74 Å². The molecule has 0 amide bonds. The average Bonchev–Trinajstić information content (AvgIpc) is 2.38. The van der Waals surface area contributed by atoms with Crippen molar-refractivity contribution in [3.63, 3.8) is 0 Å². The van der Waals surface area contributed by atoms with Crippen molar-refractivity contribution in [3.8, 4) is 0 Å². The molecule has 0 fully saturated rings. The average molecular weight is 303 g/mol. The minimum absolute atomic E-state index is 0.210. The molecule has 0 N–H and O–H groups in total. The highest BCUT2D eigenvalue weighted by Gasteiger charge is 2.28. The van der Waals surface area contributed by atoms with Crippen LogP contribution in [0.1, 0.15) is 32.8 Å². The second-order valence-corrected chi connectivity index (χ2v) is 12.0. The molecule has 0 aliphatic heterocycles. The van der Waals surface area contributed by atoms with E-state index in [-0.39, 0.29) is 6.10 Å². The Morgan fingerprint density at radius 3 is 2.29 bits per heavy atom. The van der Waals surface area contributed by atoms with Crippen LogP contribution in [-0.4, -0.2) is 20.8 Å². The van der Waals surface area contributed by atoms with Crippen LogP contribution in [0.2, 0.25) is 19.6 Å². The highest BCUT2D eigenvalue weighted by molar-refractivity contribution is 6.83. The summed E-state index contributed by atoms with van der Waals surface area (Å²) in [6.07, 6.45) is 3.39. The molecule has 0 saturated heterocycles. The Morgan fingerprint density at radius 1 is 1.19 bits per heavy atom. The lowest BCUT2D eigenvalue weighted by Crippen LogP contribution is -2.34. The maximum atomic E-state index is 6.05. The molecule has 0 heterocycles. The van der Waals surface area contributed by atoms with Gasteiger partial charge in [-0.3, -0.25) is 0 Å². The van der Waals surface area contributed by atoms with Gasteiger partial charge < -0.3 is 4.74 Å². The van der Waals surface area contributed by atoms with Crippen LogP contribution in [0.3, 0.4) is 0 Å². The van der Waals surface area contributed by atoms with Gasteiger partial charge in [-0.05, 0) is 36.1 Å². The molecule has 0 saturated carbocycles. The first-order valence-corrected chi connectivity index (χ1v) is 11.5. The predicted octanol–water partition coefficient (Wildman–Crippen LogP) is 5.55. The van der Waals surface area contributed by atoms with Gasteiger partial charge in [0.05, 0.1) is 14.2 Å². The summed E-state index contributed by atoms with van der Waals surface area (Å²) in [6, 6.07) is 10.4. The fourth-order valence-corrected chi connectivity index (χ4v) is 4.07. The lowest BCUT2D eigenvalue weighted by atomic mass is 10.1. The SMILES string of the molecule is CCOC(CC(C)C)C(=C=Cc1ccccc1)[Si](C)(C)C. The molecule has 0 spiro atoms. The molecule has 1 nitrogen and oxygen atoms in total. The van der Waals surface area contributed by atoms with E-state index in [1.807, 2.05) is 6.07 Å². The van der Waals surface area contributed by atoms with Gasteiger partial charge in [0, 0.05) is 6.61 Å². The topological polar surface area (TPSA) is 9.23 Å². The van der Waals surface area contributed by atoms with Crippen molar-refractivity contribution < 1.29 is 4.74 Å². The molecule has 0 aliphatic rings. The number of hydrogen-bond acceptors (Lipinski definition) is 1. The minimum atomic E-state index is -1.46. The zero-order valence-electron chi connectivity index (χ0n) is 14.4. The van der Waals surface area contributed by atoms with Gasteiger partial charge in [-0.15, -0.1) is 5.73 Å². The molecular formula is C19H30OSi. The van der Waals surface area contributed by atoms with Crippen LogP contribution in [0.25, 0.3) is 6.08 Å². The van der Waals surface area contributed by atoms with E-state index >= 15 is 0 Å². The van der Waals surface area contributed by atoms with Gasteiger partial charge >= 0.3 is 0 Å². The summed E-state index contributed by atoms with van der Waals surface area (Å²) < 4.78 is 6.05. The van der Waals surface area contributed by atoms with Crippen molar-refractivity contribution in [2.75, 3.05) is 6.61 Å². The molecule has 2 heteroatoms. The molecule has 0 bridgehead atoms. The van der Waals surface area contributed by atoms with E-state index < -0.39 is 8.07 Å². The van der Waals surface area contributed by atoms with Crippen molar-refractivity contribution in [2.45, 2.75) is 52.9 Å². The van der Waals surface area contributed by atoms with E-state index in [0.29, 0.717) is 5.92 Å². The third kappa shape index (κ3) is 6.47. The summed E-state index contributed by atoms with van der Waals surface area (Å²) in [5.74, 6) is 0.631. The zero-order chi connectivity index (χ0) is 15.9. The quantitative estimate of drug-likeness (QED) is 0.473. The van der Waals surface area contributed by atoms with Crippen molar-refractivity contribution in [1.29, 1.82) is 0 Å². The van der Waals surface area contributed by atoms with Gasteiger partial charge in [-0.1, -0.05) is 63.8 Å². The van der Waals surface area contributed by atoms with Crippen LogP contribution in [0.15, 0.2) is 41.3 Å². The van der Waals surface area contributed by atoms with Gasteiger partial charge in [0.1, 0.15) is 0 Å². The van der Waals surface area contributed by atoms with Crippen LogP contribution in [0, 0.1) is 5.92 Å². The molecule has 0 radical (unpaired) electrons. The zero-order valence-corrected chi connectivity index (χ0v) is 15.4. The summed E-state index contributed by atoms with van der Waals surface area (Å²) in [6.45, 7) is 14.5. The Hall–Kier alpha value is -1.08. The highest BCUT2D eigenvalue weighted by atomic mass is 28.3. The molecule has 0 aliphatic carbocycles. The third-order valence-corrected chi connectivity index (χ3v) is 5.46. The van der Waals surface area contributed by atoms with E-state index in [4.69, 9.17) is 4.74 Å². The van der Waals surface area contributed by atoms with E-state index in [0.717, 1.165) is 13.0 Å². The van der Waals surface area contributed by atoms with Crippen molar-refractivity contribution in [1.82, 2.24) is 0 Å². The first-order valence-electron chi connectivity index (χ1n) is 7.98. The first-order chi connectivity index (χ1) is 9.84. The van der Waals surface area contributed by atoms with Gasteiger partial charge in [0.25, 0.3) is 0 Å². The van der Waals surface area contributed by atoms with Gasteiger partial charge in [-0.25, -0.2) is 0 Å². The summed E-state index contributed by atoms with van der Waals surface area (Å²) in [7, 11) is -1.46. The number of ether oxygens (including phenoxy) is 1. The molecule has 0 aromatic heterocycles. The van der Waals surface area contributed by atoms with E-state index in [9.17, 15) is 0 Å². The van der Waals surface area contributed by atoms with Crippen molar-refractivity contribution >= 4 is 14.1 Å². The Morgan fingerprint density at radius 2 is 1.81 bits per heavy atom. The van der Waals surface area contributed by atoms with E-state index in [1.54, 1.807) is 0 Å². The van der Waals surface area contributed by atoms with Gasteiger partial charge in [0.2, 0.25) is 0 Å². The first kappa shape index (κ1) is 18.0. The number of rotatable bonds is 7. The summed E-state index contributed by atoms with van der Waals surface area (Å²) >= 11 is 0. The molecule has 1 unspecified atom stereocenters. The Labute approximate surface area is 131 Å². The van der Waals surface area contributed by atoms with Crippen molar-refractivity contribution in [3.05, 3.63) is 46.8 Å². The Balaban J connectivity index is 3.17. The van der Waals surface area contributed by atoms with Gasteiger partial charge in [-0.2, -0.15) is 0 Å². The van der Waals surface area contributed by atoms with Crippen molar-refractivity contribution in [2.24, 2.45) is 5.92 Å². The minimum Gasteiger partial charge on any atom is -0.374 e. The summed E-state index contributed by atoms with van der Waals surface area (Å²) in [5.41, 5.74) is 4.80. The summed E-state index contributed by atoms with van der Waals surface area (Å²) in [5, 5.41) is 1.39. The maximum absolute atomic E-state index is 6.05. The number of benzene rings is 1. The van der Waals surface area contributed by atoms with Crippen LogP contribution in [0.5, 0.6) is 0 Å². The summed E-state index contributed by atoms with van der Waals surface area (Å²) in [4.78, 5) is 0. The normalized spacial score (nSPS) is 12.9. The second-order valence-electron chi connectivity index (χ2n) is 6.94. The standard InChI is InChI=1S/C19H30OSi/c1-7-20-18(15-16(2)3)19(21(4,5)6)14-13-17-11-9-8-10-12-17/h8-13,16,18H,7,15H2,1-6H3. The van der Waals surface area contributed by atoms with Crippen LogP contribution >= 0.6 is 0 Å². The molecule has 1 aromatic carbocycles. The largest absolute Gasteiger partial charge is 0.374 e. The second kappa shape index (κ2) is 8.38. The molecule has 21 heavy (non-hydrogen) atoms. The fraction of sp³-hybridized carbons (Fsp3) is 0.526. The predicted molar refractivity (Wildman–Crippen MR) is 96.1 cm³/mol. The van der Waals surface area contributed by atoms with E-state index in [1.165, 1.54) is 10.8 Å². The Bertz CT molecular complexity index is 476. The smallest absolute Gasteiger partial charge is 0.0857 e. The van der Waals surface area contributed by atoms with Crippen LogP contribution < -0.4 is 0 Å². The van der Waals surface area contributed by atoms with Gasteiger partial charge in [0.15, 0.2) is 0 Å². The highest BCUT2D eigenvalue weighted by Crippen LogP contribution is 2.25. The maximum Gasteiger partial charge on any atom is 0.0857 e. The Kier molecular flexibility index (Phi) is 7.17. The van der Waals surface area contributed by atoms with Crippen LogP contribution in [0.4, 0.5) is 0 Å². The molecule has 116 valence electrons.